The third-order valence-corrected chi connectivity index (χ3v) is 5.86. The van der Waals surface area contributed by atoms with Crippen molar-refractivity contribution in [2.45, 2.75) is 26.7 Å². The maximum atomic E-state index is 14.6. The van der Waals surface area contributed by atoms with Crippen molar-refractivity contribution >= 4 is 11.6 Å². The van der Waals surface area contributed by atoms with Gasteiger partial charge in [-0.1, -0.05) is 6.07 Å². The smallest absolute Gasteiger partial charge is 0.253 e. The van der Waals surface area contributed by atoms with Gasteiger partial charge in [-0.25, -0.2) is 4.39 Å². The lowest BCUT2D eigenvalue weighted by molar-refractivity contribution is 0.0827. The standard InChI is InChI=1S/C26H27FN4O2/c1-16-12-23(27)22(24(13-16)33-5)11-8-19-7-10-21(25-29-28-15-31(19)25)20-9-6-18(14-17(20)2)26(32)30(3)4/h6-7,9-10,12-15H,8,11H2,1-5H3. The van der Waals surface area contributed by atoms with Crippen molar-refractivity contribution < 1.29 is 13.9 Å². The van der Waals surface area contributed by atoms with Crippen LogP contribution in [0, 0.1) is 19.7 Å². The van der Waals surface area contributed by atoms with Crippen LogP contribution >= 0.6 is 0 Å². The zero-order valence-electron chi connectivity index (χ0n) is 19.5. The molecule has 2 heterocycles. The molecule has 0 N–H and O–H groups in total. The molecule has 2 aromatic heterocycles. The maximum absolute atomic E-state index is 14.6. The minimum atomic E-state index is -0.258. The van der Waals surface area contributed by atoms with Gasteiger partial charge in [-0.05, 0) is 79.8 Å². The van der Waals surface area contributed by atoms with E-state index in [4.69, 9.17) is 4.74 Å². The van der Waals surface area contributed by atoms with Crippen LogP contribution in [0.3, 0.4) is 0 Å². The van der Waals surface area contributed by atoms with Crippen LogP contribution in [-0.2, 0) is 12.8 Å². The van der Waals surface area contributed by atoms with Crippen LogP contribution in [0.25, 0.3) is 16.8 Å². The number of amides is 1. The van der Waals surface area contributed by atoms with Crippen molar-refractivity contribution in [2.24, 2.45) is 0 Å². The fourth-order valence-corrected chi connectivity index (χ4v) is 4.15. The van der Waals surface area contributed by atoms with Gasteiger partial charge in [0.25, 0.3) is 5.91 Å². The van der Waals surface area contributed by atoms with Crippen molar-refractivity contribution in [1.82, 2.24) is 19.5 Å². The first kappa shape index (κ1) is 22.5. The molecule has 0 unspecified atom stereocenters. The first-order chi connectivity index (χ1) is 15.8. The minimum absolute atomic E-state index is 0.0358. The second-order valence-electron chi connectivity index (χ2n) is 8.42. The lowest BCUT2D eigenvalue weighted by atomic mass is 9.97. The fraction of sp³-hybridized carbons (Fsp3) is 0.269. The summed E-state index contributed by atoms with van der Waals surface area (Å²) in [5.74, 6) is 0.268. The van der Waals surface area contributed by atoms with E-state index < -0.39 is 0 Å². The summed E-state index contributed by atoms with van der Waals surface area (Å²) in [7, 11) is 5.04. The lowest BCUT2D eigenvalue weighted by Crippen LogP contribution is -2.21. The van der Waals surface area contributed by atoms with Gasteiger partial charge in [-0.2, -0.15) is 0 Å². The zero-order valence-corrected chi connectivity index (χ0v) is 19.5. The molecular formula is C26H27FN4O2. The number of halogens is 1. The Morgan fingerprint density at radius 2 is 1.82 bits per heavy atom. The Hall–Kier alpha value is -3.74. The average Bonchev–Trinajstić information content (AvgIpc) is 3.28. The number of hydrogen-bond donors (Lipinski definition) is 0. The second-order valence-corrected chi connectivity index (χ2v) is 8.42. The van der Waals surface area contributed by atoms with E-state index in [1.807, 2.05) is 54.6 Å². The van der Waals surface area contributed by atoms with E-state index in [0.29, 0.717) is 29.7 Å². The van der Waals surface area contributed by atoms with E-state index in [0.717, 1.165) is 33.6 Å². The average molecular weight is 447 g/mol. The van der Waals surface area contributed by atoms with Gasteiger partial charge < -0.3 is 9.64 Å². The van der Waals surface area contributed by atoms with Crippen molar-refractivity contribution in [2.75, 3.05) is 21.2 Å². The molecule has 0 bridgehead atoms. The number of benzene rings is 2. The number of rotatable bonds is 6. The molecule has 6 nitrogen and oxygen atoms in total. The van der Waals surface area contributed by atoms with E-state index >= 15 is 0 Å². The number of aryl methyl sites for hydroxylation is 3. The van der Waals surface area contributed by atoms with Gasteiger partial charge in [0.1, 0.15) is 17.9 Å². The minimum Gasteiger partial charge on any atom is -0.496 e. The van der Waals surface area contributed by atoms with E-state index in [-0.39, 0.29) is 11.7 Å². The Morgan fingerprint density at radius 1 is 1.06 bits per heavy atom. The molecule has 0 atom stereocenters. The first-order valence-corrected chi connectivity index (χ1v) is 10.8. The summed E-state index contributed by atoms with van der Waals surface area (Å²) in [6.45, 7) is 3.83. The predicted octanol–water partition coefficient (Wildman–Crippen LogP) is 4.65. The summed E-state index contributed by atoms with van der Waals surface area (Å²) in [5.41, 5.74) is 6.61. The number of hydrogen-bond acceptors (Lipinski definition) is 4. The van der Waals surface area contributed by atoms with Gasteiger partial charge in [0.05, 0.1) is 7.11 Å². The summed E-state index contributed by atoms with van der Waals surface area (Å²) in [4.78, 5) is 13.9. The highest BCUT2D eigenvalue weighted by Crippen LogP contribution is 2.30. The third-order valence-electron chi connectivity index (χ3n) is 5.86. The summed E-state index contributed by atoms with van der Waals surface area (Å²) in [5, 5.41) is 8.46. The number of fused-ring (bicyclic) bond motifs is 1. The van der Waals surface area contributed by atoms with E-state index in [2.05, 4.69) is 10.2 Å². The molecule has 7 heteroatoms. The molecule has 0 aliphatic rings. The quantitative estimate of drug-likeness (QED) is 0.433. The molecular weight excluding hydrogens is 419 g/mol. The number of ether oxygens (including phenoxy) is 1. The molecule has 170 valence electrons. The lowest BCUT2D eigenvalue weighted by Gasteiger charge is -2.14. The maximum Gasteiger partial charge on any atom is 0.253 e. The van der Waals surface area contributed by atoms with Gasteiger partial charge >= 0.3 is 0 Å². The number of carbonyl (C=O) groups excluding carboxylic acids is 1. The largest absolute Gasteiger partial charge is 0.496 e. The van der Waals surface area contributed by atoms with E-state index in [1.54, 1.807) is 32.4 Å². The summed E-state index contributed by atoms with van der Waals surface area (Å²) in [6.07, 6.45) is 2.76. The predicted molar refractivity (Wildman–Crippen MR) is 126 cm³/mol. The molecule has 4 rings (SSSR count). The van der Waals surface area contributed by atoms with Crippen LogP contribution in [0.15, 0.2) is 48.8 Å². The number of aromatic nitrogens is 3. The van der Waals surface area contributed by atoms with Gasteiger partial charge in [0.2, 0.25) is 0 Å². The molecule has 0 spiro atoms. The van der Waals surface area contributed by atoms with Crippen LogP contribution in [0.4, 0.5) is 4.39 Å². The SMILES string of the molecule is COc1cc(C)cc(F)c1CCc1ccc(-c2ccc(C(=O)N(C)C)cc2C)c2nncn12. The molecule has 0 aliphatic carbocycles. The Bertz CT molecular complexity index is 1340. The molecule has 0 saturated heterocycles. The first-order valence-electron chi connectivity index (χ1n) is 10.8. The van der Waals surface area contributed by atoms with Crippen LogP contribution in [-0.4, -0.2) is 46.6 Å². The molecule has 0 aliphatic heterocycles. The summed E-state index contributed by atoms with van der Waals surface area (Å²) >= 11 is 0. The van der Waals surface area contributed by atoms with Crippen LogP contribution in [0.2, 0.25) is 0 Å². The number of methoxy groups -OCH3 is 1. The number of pyridine rings is 1. The number of nitrogens with zero attached hydrogens (tertiary/aromatic N) is 4. The Morgan fingerprint density at radius 3 is 2.52 bits per heavy atom. The second kappa shape index (κ2) is 9.02. The van der Waals surface area contributed by atoms with Gasteiger partial charge in [-0.15, -0.1) is 10.2 Å². The monoisotopic (exact) mass is 446 g/mol. The molecule has 0 saturated carbocycles. The van der Waals surface area contributed by atoms with E-state index in [9.17, 15) is 9.18 Å². The molecule has 0 radical (unpaired) electrons. The summed E-state index contributed by atoms with van der Waals surface area (Å²) in [6, 6.07) is 13.1. The van der Waals surface area contributed by atoms with E-state index in [1.165, 1.54) is 6.07 Å². The fourth-order valence-electron chi connectivity index (χ4n) is 4.15. The zero-order chi connectivity index (χ0) is 23.7. The third kappa shape index (κ3) is 4.31. The van der Waals surface area contributed by atoms with Gasteiger partial charge in [0, 0.05) is 36.5 Å². The molecule has 2 aromatic carbocycles. The van der Waals surface area contributed by atoms with Crippen LogP contribution in [0.5, 0.6) is 5.75 Å². The summed E-state index contributed by atoms with van der Waals surface area (Å²) < 4.78 is 21.9. The van der Waals surface area contributed by atoms with Crippen LogP contribution in [0.1, 0.15) is 32.7 Å². The van der Waals surface area contributed by atoms with Gasteiger partial charge in [-0.3, -0.25) is 9.20 Å². The van der Waals surface area contributed by atoms with Crippen molar-refractivity contribution in [3.8, 4) is 16.9 Å². The topological polar surface area (TPSA) is 59.7 Å². The highest BCUT2D eigenvalue weighted by Gasteiger charge is 2.16. The van der Waals surface area contributed by atoms with Crippen LogP contribution < -0.4 is 4.74 Å². The highest BCUT2D eigenvalue weighted by atomic mass is 19.1. The Balaban J connectivity index is 1.67. The van der Waals surface area contributed by atoms with Gasteiger partial charge in [0.15, 0.2) is 5.65 Å². The molecule has 1 amide bonds. The normalized spacial score (nSPS) is 11.1. The molecule has 4 aromatic rings. The number of carbonyl (C=O) groups is 1. The Labute approximate surface area is 192 Å². The molecule has 33 heavy (non-hydrogen) atoms. The highest BCUT2D eigenvalue weighted by molar-refractivity contribution is 5.95. The van der Waals surface area contributed by atoms with Crippen molar-refractivity contribution in [3.63, 3.8) is 0 Å². The van der Waals surface area contributed by atoms with Crippen molar-refractivity contribution in [1.29, 1.82) is 0 Å². The molecule has 0 fully saturated rings. The Kier molecular flexibility index (Phi) is 6.14. The van der Waals surface area contributed by atoms with Crippen molar-refractivity contribution in [3.05, 3.63) is 82.6 Å².